The largest absolute Gasteiger partial charge is 0.435 e. The van der Waals surface area contributed by atoms with Crippen LogP contribution in [0, 0.1) is 0 Å². The smallest absolute Gasteiger partial charge is 0.387 e. The number of halogens is 2. The average Bonchev–Trinajstić information content (AvgIpc) is 2.14. The van der Waals surface area contributed by atoms with Crippen LogP contribution in [0.15, 0.2) is 18.2 Å². The molecule has 2 N–H and O–H groups in total. The lowest BCUT2D eigenvalue weighted by molar-refractivity contribution is -0.0509. The number of alkyl halides is 2. The van der Waals surface area contributed by atoms with Crippen LogP contribution in [-0.4, -0.2) is 6.61 Å². The van der Waals surface area contributed by atoms with Gasteiger partial charge in [0.05, 0.1) is 0 Å². The maximum absolute atomic E-state index is 12.3. The molecule has 0 amide bonds. The second-order valence-electron chi connectivity index (χ2n) is 4.66. The standard InChI is InChI=1S/C12H17F2NO/c1-12(2,3)9-5-4-8(7-15)6-10(9)16-11(13)14/h4-6,11H,7,15H2,1-3H3. The number of rotatable bonds is 3. The van der Waals surface area contributed by atoms with Gasteiger partial charge in [0.25, 0.3) is 0 Å². The van der Waals surface area contributed by atoms with Crippen molar-refractivity contribution in [3.05, 3.63) is 29.3 Å². The van der Waals surface area contributed by atoms with Crippen LogP contribution in [0.1, 0.15) is 31.9 Å². The van der Waals surface area contributed by atoms with Gasteiger partial charge in [0.1, 0.15) is 5.75 Å². The van der Waals surface area contributed by atoms with Crippen LogP contribution in [0.25, 0.3) is 0 Å². The van der Waals surface area contributed by atoms with Crippen molar-refractivity contribution in [2.24, 2.45) is 5.73 Å². The summed E-state index contributed by atoms with van der Waals surface area (Å²) in [5.74, 6) is 0.213. The fourth-order valence-electron chi connectivity index (χ4n) is 1.51. The van der Waals surface area contributed by atoms with Crippen molar-refractivity contribution in [3.63, 3.8) is 0 Å². The zero-order valence-corrected chi connectivity index (χ0v) is 9.76. The highest BCUT2D eigenvalue weighted by molar-refractivity contribution is 5.41. The quantitative estimate of drug-likeness (QED) is 0.864. The first-order valence-corrected chi connectivity index (χ1v) is 5.13. The third kappa shape index (κ3) is 3.17. The number of nitrogens with two attached hydrogens (primary N) is 1. The van der Waals surface area contributed by atoms with Crippen molar-refractivity contribution in [1.82, 2.24) is 0 Å². The number of hydrogen-bond acceptors (Lipinski definition) is 2. The van der Waals surface area contributed by atoms with E-state index in [1.54, 1.807) is 12.1 Å². The van der Waals surface area contributed by atoms with Crippen molar-refractivity contribution in [3.8, 4) is 5.75 Å². The lowest BCUT2D eigenvalue weighted by Crippen LogP contribution is -2.15. The van der Waals surface area contributed by atoms with Gasteiger partial charge < -0.3 is 10.5 Å². The zero-order valence-electron chi connectivity index (χ0n) is 9.76. The van der Waals surface area contributed by atoms with Crippen LogP contribution >= 0.6 is 0 Å². The minimum Gasteiger partial charge on any atom is -0.435 e. The second-order valence-corrected chi connectivity index (χ2v) is 4.66. The minimum absolute atomic E-state index is 0.213. The van der Waals surface area contributed by atoms with Crippen LogP contribution in [0.5, 0.6) is 5.75 Å². The molecule has 0 unspecified atom stereocenters. The molecular formula is C12H17F2NO. The Hall–Kier alpha value is -1.16. The molecule has 0 aromatic heterocycles. The molecular weight excluding hydrogens is 212 g/mol. The summed E-state index contributed by atoms with van der Waals surface area (Å²) in [4.78, 5) is 0. The fourth-order valence-corrected chi connectivity index (χ4v) is 1.51. The predicted octanol–water partition coefficient (Wildman–Crippen LogP) is 3.04. The second kappa shape index (κ2) is 4.78. The molecule has 0 radical (unpaired) electrons. The Morgan fingerprint density at radius 2 is 1.94 bits per heavy atom. The molecule has 0 fully saturated rings. The van der Waals surface area contributed by atoms with Crippen molar-refractivity contribution >= 4 is 0 Å². The molecule has 4 heteroatoms. The van der Waals surface area contributed by atoms with Gasteiger partial charge in [-0.3, -0.25) is 0 Å². The maximum atomic E-state index is 12.3. The average molecular weight is 229 g/mol. The van der Waals surface area contributed by atoms with Crippen molar-refractivity contribution in [1.29, 1.82) is 0 Å². The fraction of sp³-hybridized carbons (Fsp3) is 0.500. The maximum Gasteiger partial charge on any atom is 0.387 e. The molecule has 1 aromatic rings. The number of hydrogen-bond donors (Lipinski definition) is 1. The van der Waals surface area contributed by atoms with Gasteiger partial charge in [0.2, 0.25) is 0 Å². The van der Waals surface area contributed by atoms with Gasteiger partial charge in [-0.2, -0.15) is 8.78 Å². The number of ether oxygens (including phenoxy) is 1. The molecule has 1 rings (SSSR count). The van der Waals surface area contributed by atoms with Crippen molar-refractivity contribution in [2.45, 2.75) is 39.3 Å². The van der Waals surface area contributed by atoms with Crippen LogP contribution in [-0.2, 0) is 12.0 Å². The molecule has 0 aliphatic rings. The van der Waals surface area contributed by atoms with Crippen LogP contribution in [0.4, 0.5) is 8.78 Å². The first-order chi connectivity index (χ1) is 7.34. The summed E-state index contributed by atoms with van der Waals surface area (Å²) in [6.45, 7) is 3.34. The Bertz CT molecular complexity index is 359. The van der Waals surface area contributed by atoms with Gasteiger partial charge in [-0.05, 0) is 22.6 Å². The molecule has 1 aromatic carbocycles. The van der Waals surface area contributed by atoms with Gasteiger partial charge in [-0.1, -0.05) is 32.9 Å². The molecule has 90 valence electrons. The van der Waals surface area contributed by atoms with Gasteiger partial charge >= 0.3 is 6.61 Å². The lowest BCUT2D eigenvalue weighted by atomic mass is 9.86. The highest BCUT2D eigenvalue weighted by Crippen LogP contribution is 2.32. The topological polar surface area (TPSA) is 35.2 Å². The first kappa shape index (κ1) is 12.9. The predicted molar refractivity (Wildman–Crippen MR) is 59.7 cm³/mol. The van der Waals surface area contributed by atoms with Gasteiger partial charge in [-0.15, -0.1) is 0 Å². The van der Waals surface area contributed by atoms with Gasteiger partial charge in [0.15, 0.2) is 0 Å². The molecule has 2 nitrogen and oxygen atoms in total. The molecule has 0 aliphatic carbocycles. The molecule has 16 heavy (non-hydrogen) atoms. The third-order valence-electron chi connectivity index (χ3n) is 2.31. The van der Waals surface area contributed by atoms with E-state index in [0.717, 1.165) is 11.1 Å². The minimum atomic E-state index is -2.81. The van der Waals surface area contributed by atoms with E-state index in [1.165, 1.54) is 0 Å². The van der Waals surface area contributed by atoms with Crippen molar-refractivity contribution in [2.75, 3.05) is 0 Å². The normalized spacial score (nSPS) is 11.9. The molecule has 0 heterocycles. The highest BCUT2D eigenvalue weighted by atomic mass is 19.3. The molecule has 0 aliphatic heterocycles. The molecule has 0 saturated heterocycles. The Morgan fingerprint density at radius 1 is 1.31 bits per heavy atom. The van der Waals surface area contributed by atoms with E-state index in [0.29, 0.717) is 6.54 Å². The van der Waals surface area contributed by atoms with Gasteiger partial charge in [0, 0.05) is 6.54 Å². The SMILES string of the molecule is CC(C)(C)c1ccc(CN)cc1OC(F)F. The zero-order chi connectivity index (χ0) is 12.3. The van der Waals surface area contributed by atoms with E-state index in [2.05, 4.69) is 4.74 Å². The van der Waals surface area contributed by atoms with E-state index in [-0.39, 0.29) is 11.2 Å². The summed E-state index contributed by atoms with van der Waals surface area (Å²) in [7, 11) is 0. The van der Waals surface area contributed by atoms with E-state index < -0.39 is 6.61 Å². The summed E-state index contributed by atoms with van der Waals surface area (Å²) in [5.41, 5.74) is 6.76. The summed E-state index contributed by atoms with van der Waals surface area (Å²) in [6, 6.07) is 5.20. The summed E-state index contributed by atoms with van der Waals surface area (Å²) >= 11 is 0. The summed E-state index contributed by atoms with van der Waals surface area (Å²) in [5, 5.41) is 0. The summed E-state index contributed by atoms with van der Waals surface area (Å²) < 4.78 is 29.1. The van der Waals surface area contributed by atoms with Gasteiger partial charge in [-0.25, -0.2) is 0 Å². The van der Waals surface area contributed by atoms with E-state index >= 15 is 0 Å². The first-order valence-electron chi connectivity index (χ1n) is 5.13. The van der Waals surface area contributed by atoms with Crippen molar-refractivity contribution < 1.29 is 13.5 Å². The highest BCUT2D eigenvalue weighted by Gasteiger charge is 2.20. The lowest BCUT2D eigenvalue weighted by Gasteiger charge is -2.23. The van der Waals surface area contributed by atoms with E-state index in [9.17, 15) is 8.78 Å². The molecule has 0 spiro atoms. The molecule has 0 atom stereocenters. The summed E-state index contributed by atoms with van der Waals surface area (Å²) in [6.07, 6.45) is 0. The van der Waals surface area contributed by atoms with Crippen LogP contribution in [0.2, 0.25) is 0 Å². The van der Waals surface area contributed by atoms with E-state index in [4.69, 9.17) is 5.73 Å². The molecule has 0 bridgehead atoms. The Balaban J connectivity index is 3.16. The van der Waals surface area contributed by atoms with Crippen LogP contribution in [0.3, 0.4) is 0 Å². The third-order valence-corrected chi connectivity index (χ3v) is 2.31. The number of benzene rings is 1. The Kier molecular flexibility index (Phi) is 3.86. The van der Waals surface area contributed by atoms with E-state index in [1.807, 2.05) is 26.8 Å². The van der Waals surface area contributed by atoms with Crippen LogP contribution < -0.4 is 10.5 Å². The Morgan fingerprint density at radius 3 is 2.38 bits per heavy atom. The molecule has 0 saturated carbocycles. The monoisotopic (exact) mass is 229 g/mol. The Labute approximate surface area is 94.4 Å².